The van der Waals surface area contributed by atoms with Crippen molar-refractivity contribution in [3.05, 3.63) is 0 Å². The average Bonchev–Trinajstić information content (AvgIpc) is 3.06. The third kappa shape index (κ3) is 5.61. The lowest BCUT2D eigenvalue weighted by molar-refractivity contribution is -0.127. The number of rotatable bonds is 4. The summed E-state index contributed by atoms with van der Waals surface area (Å²) in [5.74, 6) is 1.13. The summed E-state index contributed by atoms with van der Waals surface area (Å²) < 4.78 is 0. The van der Waals surface area contributed by atoms with E-state index >= 15 is 0 Å². The van der Waals surface area contributed by atoms with Crippen LogP contribution in [0.4, 0.5) is 0 Å². The first-order chi connectivity index (χ1) is 9.47. The molecule has 0 aromatic rings. The van der Waals surface area contributed by atoms with Gasteiger partial charge in [-0.2, -0.15) is 0 Å². The lowest BCUT2D eigenvalue weighted by Gasteiger charge is -2.23. The molecular weight excluding hydrogens is 383 g/mol. The first-order valence-electron chi connectivity index (χ1n) is 7.41. The van der Waals surface area contributed by atoms with Crippen molar-refractivity contribution in [2.75, 3.05) is 33.7 Å². The van der Waals surface area contributed by atoms with Crippen molar-refractivity contribution in [2.45, 2.75) is 38.3 Å². The minimum atomic E-state index is -0.286. The Hall–Kier alpha value is -0.570. The number of likely N-dealkylation sites (N-methyl/N-ethyl adjacent to an activating group) is 1. The zero-order chi connectivity index (χ0) is 14.7. The van der Waals surface area contributed by atoms with Crippen LogP contribution in [-0.4, -0.2) is 72.6 Å². The fourth-order valence-electron chi connectivity index (χ4n) is 2.30. The second-order valence-electron chi connectivity index (χ2n) is 6.08. The van der Waals surface area contributed by atoms with Crippen LogP contribution in [0, 0.1) is 5.92 Å². The molecule has 2 atom stereocenters. The van der Waals surface area contributed by atoms with Gasteiger partial charge in [0, 0.05) is 39.1 Å². The minimum Gasteiger partial charge on any atom is -0.393 e. The van der Waals surface area contributed by atoms with E-state index in [1.54, 1.807) is 19.0 Å². The van der Waals surface area contributed by atoms with Crippen molar-refractivity contribution in [1.82, 2.24) is 15.1 Å². The molecule has 0 spiro atoms. The van der Waals surface area contributed by atoms with E-state index in [4.69, 9.17) is 0 Å². The molecule has 1 aliphatic heterocycles. The number of amides is 1. The molecule has 1 amide bonds. The second kappa shape index (κ2) is 8.17. The number of halogens is 1. The highest BCUT2D eigenvalue weighted by molar-refractivity contribution is 14.0. The first-order valence-corrected chi connectivity index (χ1v) is 7.41. The molecular formula is C14H27IN4O2. The molecule has 7 heteroatoms. The van der Waals surface area contributed by atoms with E-state index in [9.17, 15) is 9.90 Å². The van der Waals surface area contributed by atoms with Crippen LogP contribution in [0.3, 0.4) is 0 Å². The summed E-state index contributed by atoms with van der Waals surface area (Å²) in [4.78, 5) is 19.8. The summed E-state index contributed by atoms with van der Waals surface area (Å²) in [7, 11) is 3.48. The van der Waals surface area contributed by atoms with Crippen LogP contribution in [0.2, 0.25) is 0 Å². The number of carbonyl (C=O) groups is 1. The quantitative estimate of drug-likeness (QED) is 0.403. The van der Waals surface area contributed by atoms with Crippen molar-refractivity contribution in [2.24, 2.45) is 10.9 Å². The molecule has 6 nitrogen and oxygen atoms in total. The summed E-state index contributed by atoms with van der Waals surface area (Å²) >= 11 is 0. The van der Waals surface area contributed by atoms with Crippen LogP contribution >= 0.6 is 24.0 Å². The SMILES string of the molecule is CC(O)C1CCN(C(=NCC(=O)N(C)C)NC2CC2)C1.I. The summed E-state index contributed by atoms with van der Waals surface area (Å²) in [5.41, 5.74) is 0. The molecule has 122 valence electrons. The van der Waals surface area contributed by atoms with Gasteiger partial charge in [-0.15, -0.1) is 24.0 Å². The van der Waals surface area contributed by atoms with E-state index in [0.717, 1.165) is 25.5 Å². The van der Waals surface area contributed by atoms with E-state index in [-0.39, 0.29) is 42.5 Å². The molecule has 2 rings (SSSR count). The maximum absolute atomic E-state index is 11.7. The highest BCUT2D eigenvalue weighted by atomic mass is 127. The van der Waals surface area contributed by atoms with Gasteiger partial charge in [0.2, 0.25) is 5.91 Å². The Morgan fingerprint density at radius 2 is 2.10 bits per heavy atom. The highest BCUT2D eigenvalue weighted by Gasteiger charge is 2.31. The zero-order valence-electron chi connectivity index (χ0n) is 13.1. The Kier molecular flexibility index (Phi) is 7.19. The van der Waals surface area contributed by atoms with E-state index in [2.05, 4.69) is 15.2 Å². The number of nitrogens with one attached hydrogen (secondary N) is 1. The Balaban J connectivity index is 0.00000220. The van der Waals surface area contributed by atoms with Gasteiger partial charge in [-0.25, -0.2) is 4.99 Å². The number of nitrogens with zero attached hydrogens (tertiary/aromatic N) is 3. The summed E-state index contributed by atoms with van der Waals surface area (Å²) in [6, 6.07) is 0.508. The first kappa shape index (κ1) is 18.5. The molecule has 2 fully saturated rings. The molecule has 1 saturated carbocycles. The maximum atomic E-state index is 11.7. The van der Waals surface area contributed by atoms with Crippen LogP contribution in [0.5, 0.6) is 0 Å². The lowest BCUT2D eigenvalue weighted by atomic mass is 10.0. The number of guanidine groups is 1. The van der Waals surface area contributed by atoms with Gasteiger partial charge in [-0.1, -0.05) is 0 Å². The van der Waals surface area contributed by atoms with E-state index in [0.29, 0.717) is 12.0 Å². The Labute approximate surface area is 144 Å². The summed E-state index contributed by atoms with van der Waals surface area (Å²) in [5, 5.41) is 13.1. The molecule has 1 aliphatic carbocycles. The monoisotopic (exact) mass is 410 g/mol. The fraction of sp³-hybridized carbons (Fsp3) is 0.857. The normalized spacial score (nSPS) is 23.5. The van der Waals surface area contributed by atoms with Crippen LogP contribution in [0.1, 0.15) is 26.2 Å². The zero-order valence-corrected chi connectivity index (χ0v) is 15.4. The van der Waals surface area contributed by atoms with E-state index < -0.39 is 0 Å². The number of aliphatic imine (C=N–C) groups is 1. The predicted molar refractivity (Wildman–Crippen MR) is 93.9 cm³/mol. The molecule has 0 radical (unpaired) electrons. The lowest BCUT2D eigenvalue weighted by Crippen LogP contribution is -2.42. The fourth-order valence-corrected chi connectivity index (χ4v) is 2.30. The molecule has 1 heterocycles. The number of likely N-dealkylation sites (tertiary alicyclic amines) is 1. The number of hydrogen-bond acceptors (Lipinski definition) is 3. The average molecular weight is 410 g/mol. The maximum Gasteiger partial charge on any atom is 0.243 e. The van der Waals surface area contributed by atoms with Gasteiger partial charge in [0.15, 0.2) is 5.96 Å². The van der Waals surface area contributed by atoms with Gasteiger partial charge in [0.1, 0.15) is 6.54 Å². The number of carbonyl (C=O) groups excluding carboxylic acids is 1. The molecule has 2 N–H and O–H groups in total. The van der Waals surface area contributed by atoms with Crippen LogP contribution in [-0.2, 0) is 4.79 Å². The number of aliphatic hydroxyl groups excluding tert-OH is 1. The van der Waals surface area contributed by atoms with Crippen molar-refractivity contribution < 1.29 is 9.90 Å². The van der Waals surface area contributed by atoms with Gasteiger partial charge < -0.3 is 20.2 Å². The van der Waals surface area contributed by atoms with Gasteiger partial charge in [0.25, 0.3) is 0 Å². The van der Waals surface area contributed by atoms with E-state index in [1.807, 2.05) is 6.92 Å². The van der Waals surface area contributed by atoms with E-state index in [1.165, 1.54) is 12.8 Å². The van der Waals surface area contributed by atoms with Crippen LogP contribution in [0.15, 0.2) is 4.99 Å². The van der Waals surface area contributed by atoms with Gasteiger partial charge in [0.05, 0.1) is 6.10 Å². The molecule has 0 bridgehead atoms. The van der Waals surface area contributed by atoms with Crippen LogP contribution < -0.4 is 5.32 Å². The molecule has 2 aliphatic rings. The standard InChI is InChI=1S/C14H26N4O2.HI/c1-10(19)11-6-7-18(9-11)14(16-12-4-5-12)15-8-13(20)17(2)3;/h10-12,19H,4-9H2,1-3H3,(H,15,16);1H. The third-order valence-corrected chi connectivity index (χ3v) is 3.98. The molecule has 2 unspecified atom stereocenters. The minimum absolute atomic E-state index is 0. The predicted octanol–water partition coefficient (Wildman–Crippen LogP) is 0.503. The molecule has 21 heavy (non-hydrogen) atoms. The number of hydrogen-bond donors (Lipinski definition) is 2. The smallest absolute Gasteiger partial charge is 0.243 e. The third-order valence-electron chi connectivity index (χ3n) is 3.98. The van der Waals surface area contributed by atoms with Gasteiger partial charge in [-0.3, -0.25) is 4.79 Å². The highest BCUT2D eigenvalue weighted by Crippen LogP contribution is 2.22. The van der Waals surface area contributed by atoms with Crippen molar-refractivity contribution in [1.29, 1.82) is 0 Å². The van der Waals surface area contributed by atoms with Gasteiger partial charge >= 0.3 is 0 Å². The molecule has 0 aromatic carbocycles. The van der Waals surface area contributed by atoms with Crippen molar-refractivity contribution >= 4 is 35.8 Å². The van der Waals surface area contributed by atoms with Gasteiger partial charge in [-0.05, 0) is 26.2 Å². The van der Waals surface area contributed by atoms with Crippen LogP contribution in [0.25, 0.3) is 0 Å². The topological polar surface area (TPSA) is 68.2 Å². The van der Waals surface area contributed by atoms with Crippen molar-refractivity contribution in [3.63, 3.8) is 0 Å². The Morgan fingerprint density at radius 1 is 1.43 bits per heavy atom. The number of aliphatic hydroxyl groups is 1. The summed E-state index contributed by atoms with van der Waals surface area (Å²) in [6.07, 6.45) is 3.04. The van der Waals surface area contributed by atoms with Crippen molar-refractivity contribution in [3.8, 4) is 0 Å². The second-order valence-corrected chi connectivity index (χ2v) is 6.08. The Morgan fingerprint density at radius 3 is 2.57 bits per heavy atom. The molecule has 1 saturated heterocycles. The summed E-state index contributed by atoms with van der Waals surface area (Å²) in [6.45, 7) is 3.73. The largest absolute Gasteiger partial charge is 0.393 e. The Bertz CT molecular complexity index is 383. The molecule has 0 aromatic heterocycles.